The lowest BCUT2D eigenvalue weighted by Gasteiger charge is -2.22. The minimum absolute atomic E-state index is 0.0110. The molecule has 2 amide bonds. The Morgan fingerprint density at radius 1 is 0.906 bits per heavy atom. The molecule has 0 radical (unpaired) electrons. The number of ether oxygens (including phenoxy) is 1. The van der Waals surface area contributed by atoms with Crippen LogP contribution in [0, 0.1) is 5.92 Å². The van der Waals surface area contributed by atoms with Gasteiger partial charge < -0.3 is 4.74 Å². The van der Waals surface area contributed by atoms with Gasteiger partial charge in [-0.3, -0.25) is 19.3 Å². The van der Waals surface area contributed by atoms with Gasteiger partial charge in [-0.25, -0.2) is 0 Å². The fourth-order valence-corrected chi connectivity index (χ4v) is 4.26. The van der Waals surface area contributed by atoms with Crippen LogP contribution in [0.2, 0.25) is 0 Å². The zero-order valence-electron chi connectivity index (χ0n) is 18.9. The zero-order valence-corrected chi connectivity index (χ0v) is 18.9. The third-order valence-electron chi connectivity index (χ3n) is 6.44. The highest BCUT2D eigenvalue weighted by molar-refractivity contribution is 6.23. The average Bonchev–Trinajstić information content (AvgIpc) is 3.03. The second-order valence-electron chi connectivity index (χ2n) is 8.86. The first kappa shape index (κ1) is 22.0. The molecule has 1 heterocycles. The standard InChI is InChI=1S/C27H29NO4/c1-4-17(2)8-7-11-25(29)32-16-18(3)28-26(30)23-14-21-12-19-9-5-6-10-20(19)13-22(21)15-24(23)27(28)31/h5-6,9-10,12-15,17-18H,4,7-8,11,16H2,1-3H3/t17-,18+/m1/s1. The lowest BCUT2D eigenvalue weighted by molar-refractivity contribution is -0.145. The van der Waals surface area contributed by atoms with E-state index < -0.39 is 6.04 Å². The Balaban J connectivity index is 1.47. The topological polar surface area (TPSA) is 63.7 Å². The Hall–Kier alpha value is -3.21. The first-order valence-electron chi connectivity index (χ1n) is 11.4. The van der Waals surface area contributed by atoms with E-state index in [9.17, 15) is 14.4 Å². The summed E-state index contributed by atoms with van der Waals surface area (Å²) in [7, 11) is 0. The molecular weight excluding hydrogens is 402 g/mol. The van der Waals surface area contributed by atoms with Crippen LogP contribution in [0.1, 0.15) is 67.2 Å². The van der Waals surface area contributed by atoms with Crippen LogP contribution >= 0.6 is 0 Å². The van der Waals surface area contributed by atoms with Crippen molar-refractivity contribution >= 4 is 39.3 Å². The number of fused-ring (bicyclic) bond motifs is 3. The summed E-state index contributed by atoms with van der Waals surface area (Å²) >= 11 is 0. The molecule has 0 saturated carbocycles. The van der Waals surface area contributed by atoms with Gasteiger partial charge in [0.25, 0.3) is 11.8 Å². The smallest absolute Gasteiger partial charge is 0.305 e. The van der Waals surface area contributed by atoms with Crippen LogP contribution in [-0.4, -0.2) is 35.3 Å². The summed E-state index contributed by atoms with van der Waals surface area (Å²) < 4.78 is 5.37. The maximum absolute atomic E-state index is 13.0. The highest BCUT2D eigenvalue weighted by Crippen LogP contribution is 2.31. The van der Waals surface area contributed by atoms with Crippen LogP contribution < -0.4 is 0 Å². The summed E-state index contributed by atoms with van der Waals surface area (Å²) in [5.41, 5.74) is 0.814. The lowest BCUT2D eigenvalue weighted by Crippen LogP contribution is -2.41. The average molecular weight is 432 g/mol. The number of carbonyl (C=O) groups is 3. The number of amides is 2. The fraction of sp³-hybridized carbons (Fsp3) is 0.370. The van der Waals surface area contributed by atoms with Crippen molar-refractivity contribution in [3.63, 3.8) is 0 Å². The number of carbonyl (C=O) groups excluding carboxylic acids is 3. The van der Waals surface area contributed by atoms with E-state index in [1.807, 2.05) is 36.4 Å². The van der Waals surface area contributed by atoms with E-state index >= 15 is 0 Å². The third-order valence-corrected chi connectivity index (χ3v) is 6.44. The second kappa shape index (κ2) is 9.11. The molecule has 2 atom stereocenters. The van der Waals surface area contributed by atoms with Crippen LogP contribution in [0.3, 0.4) is 0 Å². The molecule has 0 spiro atoms. The minimum Gasteiger partial charge on any atom is -0.463 e. The molecule has 5 nitrogen and oxygen atoms in total. The molecule has 32 heavy (non-hydrogen) atoms. The van der Waals surface area contributed by atoms with Crippen LogP contribution in [0.15, 0.2) is 48.5 Å². The Morgan fingerprint density at radius 2 is 1.47 bits per heavy atom. The molecule has 0 saturated heterocycles. The Morgan fingerprint density at radius 3 is 2.00 bits per heavy atom. The Labute approximate surface area is 188 Å². The van der Waals surface area contributed by atoms with Crippen molar-refractivity contribution in [3.8, 4) is 0 Å². The van der Waals surface area contributed by atoms with Crippen LogP contribution in [0.5, 0.6) is 0 Å². The first-order chi connectivity index (χ1) is 15.4. The van der Waals surface area contributed by atoms with Crippen LogP contribution in [0.25, 0.3) is 21.5 Å². The molecule has 1 aliphatic heterocycles. The van der Waals surface area contributed by atoms with Crippen molar-refractivity contribution in [2.45, 2.75) is 52.5 Å². The molecule has 1 aliphatic rings. The van der Waals surface area contributed by atoms with Gasteiger partial charge in [-0.1, -0.05) is 51.0 Å². The molecular formula is C27H29NO4. The summed E-state index contributed by atoms with van der Waals surface area (Å²) in [5, 5.41) is 4.01. The van der Waals surface area contributed by atoms with E-state index in [0.29, 0.717) is 23.5 Å². The van der Waals surface area contributed by atoms with Crippen molar-refractivity contribution in [1.29, 1.82) is 0 Å². The second-order valence-corrected chi connectivity index (χ2v) is 8.86. The van der Waals surface area contributed by atoms with E-state index in [4.69, 9.17) is 4.74 Å². The highest BCUT2D eigenvalue weighted by atomic mass is 16.5. The summed E-state index contributed by atoms with van der Waals surface area (Å²) in [6, 6.07) is 15.2. The number of imide groups is 1. The number of benzene rings is 3. The van der Waals surface area contributed by atoms with Crippen molar-refractivity contribution < 1.29 is 19.1 Å². The van der Waals surface area contributed by atoms with Gasteiger partial charge in [0.15, 0.2) is 0 Å². The number of hydrogen-bond acceptors (Lipinski definition) is 4. The van der Waals surface area contributed by atoms with E-state index in [0.717, 1.165) is 40.8 Å². The van der Waals surface area contributed by atoms with Gasteiger partial charge >= 0.3 is 5.97 Å². The maximum Gasteiger partial charge on any atom is 0.305 e. The molecule has 0 unspecified atom stereocenters. The van der Waals surface area contributed by atoms with Gasteiger partial charge in [-0.05, 0) is 65.1 Å². The van der Waals surface area contributed by atoms with Crippen molar-refractivity contribution in [1.82, 2.24) is 4.90 Å². The quantitative estimate of drug-likeness (QED) is 0.259. The van der Waals surface area contributed by atoms with Gasteiger partial charge in [0.2, 0.25) is 0 Å². The largest absolute Gasteiger partial charge is 0.463 e. The van der Waals surface area contributed by atoms with Crippen LogP contribution in [0.4, 0.5) is 0 Å². The SMILES string of the molecule is CC[C@@H](C)CCCC(=O)OC[C@H](C)N1C(=O)c2cc3cc4ccccc4cc3cc2C1=O. The van der Waals surface area contributed by atoms with Gasteiger partial charge in [-0.2, -0.15) is 0 Å². The molecule has 0 aromatic heterocycles. The monoisotopic (exact) mass is 431 g/mol. The predicted molar refractivity (Wildman–Crippen MR) is 126 cm³/mol. The van der Waals surface area contributed by atoms with Gasteiger partial charge in [-0.15, -0.1) is 0 Å². The molecule has 0 bridgehead atoms. The predicted octanol–water partition coefficient (Wildman–Crippen LogP) is 5.74. The molecule has 0 fully saturated rings. The van der Waals surface area contributed by atoms with Gasteiger partial charge in [0, 0.05) is 6.42 Å². The molecule has 0 aliphatic carbocycles. The summed E-state index contributed by atoms with van der Waals surface area (Å²) in [4.78, 5) is 39.4. The fourth-order valence-electron chi connectivity index (χ4n) is 4.26. The number of esters is 1. The van der Waals surface area contributed by atoms with Gasteiger partial charge in [0.05, 0.1) is 17.2 Å². The highest BCUT2D eigenvalue weighted by Gasteiger charge is 2.39. The van der Waals surface area contributed by atoms with Crippen molar-refractivity contribution in [2.75, 3.05) is 6.61 Å². The van der Waals surface area contributed by atoms with E-state index in [-0.39, 0.29) is 24.4 Å². The molecule has 3 aromatic carbocycles. The first-order valence-corrected chi connectivity index (χ1v) is 11.4. The minimum atomic E-state index is -0.525. The molecule has 0 N–H and O–H groups in total. The molecule has 5 heteroatoms. The van der Waals surface area contributed by atoms with Gasteiger partial charge in [0.1, 0.15) is 6.61 Å². The summed E-state index contributed by atoms with van der Waals surface area (Å²) in [6.45, 7) is 6.05. The van der Waals surface area contributed by atoms with Crippen LogP contribution in [-0.2, 0) is 9.53 Å². The number of rotatable bonds is 8. The summed E-state index contributed by atoms with van der Waals surface area (Å²) in [5.74, 6) is -0.358. The zero-order chi connectivity index (χ0) is 22.8. The number of hydrogen-bond donors (Lipinski definition) is 0. The van der Waals surface area contributed by atoms with E-state index in [2.05, 4.69) is 13.8 Å². The summed E-state index contributed by atoms with van der Waals surface area (Å²) in [6.07, 6.45) is 3.23. The number of nitrogens with zero attached hydrogens (tertiary/aromatic N) is 1. The molecule has 3 aromatic rings. The molecule has 166 valence electrons. The molecule has 4 rings (SSSR count). The van der Waals surface area contributed by atoms with E-state index in [1.165, 1.54) is 4.90 Å². The normalized spacial score (nSPS) is 15.3. The Kier molecular flexibility index (Phi) is 6.26. The third kappa shape index (κ3) is 4.24. The van der Waals surface area contributed by atoms with Crippen molar-refractivity contribution in [2.24, 2.45) is 5.92 Å². The lowest BCUT2D eigenvalue weighted by atomic mass is 9.99. The Bertz CT molecular complexity index is 1120. The maximum atomic E-state index is 13.0. The van der Waals surface area contributed by atoms with Crippen molar-refractivity contribution in [3.05, 3.63) is 59.7 Å². The van der Waals surface area contributed by atoms with E-state index in [1.54, 1.807) is 19.1 Å².